The lowest BCUT2D eigenvalue weighted by Crippen LogP contribution is -2.54. The SMILES string of the molecule is CC(=O)N[C@H](Cc1cccc(F)c1)C(=O)N[C@@H](Cc1ccc(B2OC(C)(C)C(C)(C)O2)cc1)C(N)=O. The Labute approximate surface area is 211 Å². The number of benzene rings is 2. The van der Waals surface area contributed by atoms with Crippen LogP contribution in [0.15, 0.2) is 48.5 Å². The van der Waals surface area contributed by atoms with Crippen molar-refractivity contribution in [3.63, 3.8) is 0 Å². The molecule has 0 radical (unpaired) electrons. The summed E-state index contributed by atoms with van der Waals surface area (Å²) in [6.45, 7) is 9.18. The minimum Gasteiger partial charge on any atom is -0.399 e. The number of nitrogens with one attached hydrogen (secondary N) is 2. The van der Waals surface area contributed by atoms with Crippen molar-refractivity contribution in [2.75, 3.05) is 0 Å². The highest BCUT2D eigenvalue weighted by atomic mass is 19.1. The van der Waals surface area contributed by atoms with Gasteiger partial charge in [0.2, 0.25) is 17.7 Å². The van der Waals surface area contributed by atoms with Crippen LogP contribution >= 0.6 is 0 Å². The molecule has 10 heteroatoms. The van der Waals surface area contributed by atoms with Gasteiger partial charge in [-0.3, -0.25) is 14.4 Å². The molecule has 1 fully saturated rings. The van der Waals surface area contributed by atoms with E-state index in [2.05, 4.69) is 10.6 Å². The van der Waals surface area contributed by atoms with E-state index in [0.29, 0.717) is 5.56 Å². The van der Waals surface area contributed by atoms with Crippen LogP contribution in [0.1, 0.15) is 45.7 Å². The van der Waals surface area contributed by atoms with Crippen LogP contribution in [0.4, 0.5) is 4.39 Å². The summed E-state index contributed by atoms with van der Waals surface area (Å²) in [5.41, 5.74) is 6.76. The molecular weight excluding hydrogens is 464 g/mol. The second kappa shape index (κ2) is 10.8. The maximum absolute atomic E-state index is 13.6. The Morgan fingerprint density at radius 2 is 1.50 bits per heavy atom. The molecule has 0 saturated carbocycles. The predicted molar refractivity (Wildman–Crippen MR) is 135 cm³/mol. The van der Waals surface area contributed by atoms with Crippen molar-refractivity contribution in [2.45, 2.75) is 70.7 Å². The van der Waals surface area contributed by atoms with Gasteiger partial charge in [0.05, 0.1) is 11.2 Å². The van der Waals surface area contributed by atoms with Crippen molar-refractivity contribution in [3.05, 3.63) is 65.5 Å². The first-order valence-electron chi connectivity index (χ1n) is 11.8. The third-order valence-electron chi connectivity index (χ3n) is 6.63. The second-order valence-electron chi connectivity index (χ2n) is 10.1. The normalized spacial score (nSPS) is 17.8. The highest BCUT2D eigenvalue weighted by Gasteiger charge is 2.51. The number of primary amides is 1. The first-order chi connectivity index (χ1) is 16.8. The van der Waals surface area contributed by atoms with Crippen LogP contribution in [0, 0.1) is 5.82 Å². The molecule has 2 aromatic rings. The number of carbonyl (C=O) groups excluding carboxylic acids is 3. The topological polar surface area (TPSA) is 120 Å². The van der Waals surface area contributed by atoms with Crippen molar-refractivity contribution in [3.8, 4) is 0 Å². The van der Waals surface area contributed by atoms with Gasteiger partial charge < -0.3 is 25.7 Å². The summed E-state index contributed by atoms with van der Waals surface area (Å²) in [5.74, 6) is -2.19. The Morgan fingerprint density at radius 3 is 2.03 bits per heavy atom. The summed E-state index contributed by atoms with van der Waals surface area (Å²) >= 11 is 0. The summed E-state index contributed by atoms with van der Waals surface area (Å²) in [7, 11) is -0.517. The number of nitrogens with two attached hydrogens (primary N) is 1. The summed E-state index contributed by atoms with van der Waals surface area (Å²) in [6, 6.07) is 11.1. The van der Waals surface area contributed by atoms with E-state index in [-0.39, 0.29) is 12.8 Å². The van der Waals surface area contributed by atoms with Gasteiger partial charge in [0, 0.05) is 19.8 Å². The Morgan fingerprint density at radius 1 is 0.917 bits per heavy atom. The number of halogens is 1. The minimum atomic E-state index is -1.01. The molecule has 2 aromatic carbocycles. The standard InChI is InChI=1S/C26H33BFN3O5/c1-16(32)30-22(15-18-7-6-8-20(28)13-18)24(34)31-21(23(29)33)14-17-9-11-19(12-10-17)27-35-25(2,3)26(4,5)36-27/h6-13,21-22H,14-15H2,1-5H3,(H2,29,33)(H,30,32)(H,31,34)/t21-,22+/m0/s1. The summed E-state index contributed by atoms with van der Waals surface area (Å²) in [5, 5.41) is 5.18. The highest BCUT2D eigenvalue weighted by molar-refractivity contribution is 6.62. The van der Waals surface area contributed by atoms with Crippen LogP contribution < -0.4 is 21.8 Å². The van der Waals surface area contributed by atoms with Crippen molar-refractivity contribution in [1.29, 1.82) is 0 Å². The molecule has 0 unspecified atom stereocenters. The van der Waals surface area contributed by atoms with E-state index in [1.54, 1.807) is 6.07 Å². The Bertz CT molecular complexity index is 1110. The van der Waals surface area contributed by atoms with Crippen LogP contribution in [0.5, 0.6) is 0 Å². The molecule has 3 rings (SSSR count). The van der Waals surface area contributed by atoms with Crippen molar-refractivity contribution >= 4 is 30.3 Å². The van der Waals surface area contributed by atoms with Gasteiger partial charge in [0.25, 0.3) is 0 Å². The van der Waals surface area contributed by atoms with Crippen LogP contribution in [-0.2, 0) is 36.5 Å². The quantitative estimate of drug-likeness (QED) is 0.453. The van der Waals surface area contributed by atoms with Crippen molar-refractivity contribution < 1.29 is 28.1 Å². The lowest BCUT2D eigenvalue weighted by Gasteiger charge is -2.32. The molecule has 0 aromatic heterocycles. The smallest absolute Gasteiger partial charge is 0.399 e. The summed E-state index contributed by atoms with van der Waals surface area (Å²) in [4.78, 5) is 36.8. The molecule has 0 aliphatic carbocycles. The van der Waals surface area contributed by atoms with Crippen molar-refractivity contribution in [2.24, 2.45) is 5.73 Å². The van der Waals surface area contributed by atoms with E-state index in [4.69, 9.17) is 15.0 Å². The molecule has 2 atom stereocenters. The Hall–Kier alpha value is -3.24. The highest BCUT2D eigenvalue weighted by Crippen LogP contribution is 2.36. The van der Waals surface area contributed by atoms with E-state index in [1.165, 1.54) is 25.1 Å². The van der Waals surface area contributed by atoms with Gasteiger partial charge in [-0.25, -0.2) is 4.39 Å². The van der Waals surface area contributed by atoms with Gasteiger partial charge in [-0.1, -0.05) is 36.4 Å². The zero-order valence-corrected chi connectivity index (χ0v) is 21.3. The number of amides is 3. The number of hydrogen-bond donors (Lipinski definition) is 3. The molecule has 36 heavy (non-hydrogen) atoms. The molecule has 1 saturated heterocycles. The molecule has 3 amide bonds. The number of rotatable bonds is 9. The average molecular weight is 497 g/mol. The predicted octanol–water partition coefficient (Wildman–Crippen LogP) is 1.38. The molecule has 0 spiro atoms. The van der Waals surface area contributed by atoms with Gasteiger partial charge in [-0.2, -0.15) is 0 Å². The largest absolute Gasteiger partial charge is 0.494 e. The molecule has 1 heterocycles. The first kappa shape index (κ1) is 27.4. The zero-order valence-electron chi connectivity index (χ0n) is 21.3. The van der Waals surface area contributed by atoms with Gasteiger partial charge in [0.15, 0.2) is 0 Å². The average Bonchev–Trinajstić information content (AvgIpc) is 2.99. The van der Waals surface area contributed by atoms with E-state index in [0.717, 1.165) is 11.0 Å². The third kappa shape index (κ3) is 6.70. The fraction of sp³-hybridized carbons (Fsp3) is 0.423. The maximum Gasteiger partial charge on any atom is 0.494 e. The number of hydrogen-bond acceptors (Lipinski definition) is 5. The van der Waals surface area contributed by atoms with E-state index in [9.17, 15) is 18.8 Å². The van der Waals surface area contributed by atoms with E-state index < -0.39 is 53.9 Å². The lowest BCUT2D eigenvalue weighted by molar-refractivity contribution is -0.130. The summed E-state index contributed by atoms with van der Waals surface area (Å²) in [6.07, 6.45) is 0.203. The first-order valence-corrected chi connectivity index (χ1v) is 11.8. The molecule has 192 valence electrons. The summed E-state index contributed by atoms with van der Waals surface area (Å²) < 4.78 is 25.7. The van der Waals surface area contributed by atoms with Gasteiger partial charge in [0.1, 0.15) is 17.9 Å². The zero-order chi connectivity index (χ0) is 26.7. The van der Waals surface area contributed by atoms with Gasteiger partial charge >= 0.3 is 7.12 Å². The molecule has 1 aliphatic heterocycles. The Kier molecular flexibility index (Phi) is 8.21. The van der Waals surface area contributed by atoms with Crippen LogP contribution in [-0.4, -0.2) is 48.1 Å². The van der Waals surface area contributed by atoms with Crippen LogP contribution in [0.3, 0.4) is 0 Å². The van der Waals surface area contributed by atoms with Gasteiger partial charge in [-0.15, -0.1) is 0 Å². The molecule has 4 N–H and O–H groups in total. The van der Waals surface area contributed by atoms with Crippen LogP contribution in [0.2, 0.25) is 0 Å². The molecule has 0 bridgehead atoms. The minimum absolute atomic E-state index is 0.0530. The van der Waals surface area contributed by atoms with E-state index >= 15 is 0 Å². The Balaban J connectivity index is 1.69. The number of carbonyl (C=O) groups is 3. The molecular formula is C26H33BFN3O5. The van der Waals surface area contributed by atoms with Gasteiger partial charge in [-0.05, 0) is 56.4 Å². The third-order valence-corrected chi connectivity index (χ3v) is 6.63. The maximum atomic E-state index is 13.6. The molecule has 8 nitrogen and oxygen atoms in total. The monoisotopic (exact) mass is 497 g/mol. The lowest BCUT2D eigenvalue weighted by atomic mass is 9.78. The molecule has 1 aliphatic rings. The fourth-order valence-corrected chi connectivity index (χ4v) is 3.88. The van der Waals surface area contributed by atoms with Crippen molar-refractivity contribution in [1.82, 2.24) is 10.6 Å². The van der Waals surface area contributed by atoms with Crippen LogP contribution in [0.25, 0.3) is 0 Å². The second-order valence-corrected chi connectivity index (χ2v) is 10.1. The van der Waals surface area contributed by atoms with E-state index in [1.807, 2.05) is 52.0 Å². The fourth-order valence-electron chi connectivity index (χ4n) is 3.88.